The predicted octanol–water partition coefficient (Wildman–Crippen LogP) is 38.5. The van der Waals surface area contributed by atoms with E-state index >= 15 is 0 Å². The van der Waals surface area contributed by atoms with E-state index in [0.29, 0.717) is 0 Å². The van der Waals surface area contributed by atoms with Crippen LogP contribution >= 0.6 is 0 Å². The molecule has 28 rings (SSSR count). The Morgan fingerprint density at radius 3 is 0.691 bits per heavy atom. The van der Waals surface area contributed by atoms with Crippen LogP contribution in [0.1, 0.15) is 118 Å². The van der Waals surface area contributed by atoms with E-state index in [9.17, 15) is 48.0 Å². The summed E-state index contributed by atoms with van der Waals surface area (Å²) in [6, 6.07) is -80.8. The predicted molar refractivity (Wildman–Crippen MR) is 588 cm³/mol. The van der Waals surface area contributed by atoms with E-state index in [2.05, 4.69) is 0 Å². The molecule has 0 aliphatic heterocycles. The minimum absolute atomic E-state index is 0.487. The van der Waals surface area contributed by atoms with Crippen LogP contribution in [0.4, 0.5) is 0 Å². The van der Waals surface area contributed by atoms with E-state index in [-0.39, 0.29) is 0 Å². The molecule has 0 fully saturated rings. The van der Waals surface area contributed by atoms with Crippen LogP contribution in [0.5, 0.6) is 0 Å². The van der Waals surface area contributed by atoms with Crippen LogP contribution < -0.4 is 0 Å². The molecule has 0 aromatic heterocycles. The molecular formula is C136H86. The van der Waals surface area contributed by atoms with Gasteiger partial charge in [0.15, 0.2) is 0 Å². The standard InChI is InChI=1S/C50H32.C44H28.C42H26/c1-2-12-33(13-3-1)36-26-27-38-31-40(29-28-37(38)30-36)50-46-20-10-8-18-44(46)49(45-19-9-11-21-47(45)50)35-24-22-34(23-25-35)48-32-39-14-4-5-15-41(39)42-16-6-7-17-43(42)48;1-2-11-34-27-35(25-19-29(34)9-1)30-17-23-33(24-18-30)43-38-13-5-7-15-40(38)44(41-16-8-6-14-39(41)43)36-26-22-32-21-20-31-10-3-4-12-37(31)42(32)28-36;1-3-11-33-27(9-1)19-21-30-25-31(23-24-35(30)33)41-36-13-5-7-15-38(36)42(39-16-8-6-14-37(39)41)32-22-20-29-18-17-28-10-2-4-12-34(28)40(29)26-32/h1-32H;1-28H;1-26H/i1D,2D,3D,4D,5D,6D,7D,8D,9D,10D,11D,12D,13D,14D,15D,16D,17D,18D,19D,20D,21D,22D,23D,24D,25D,26D,27D,28D,29D,30D,31D,32D;1D,2D,3D,4D,5D,6D,7D,8D,9D,10D,11D,12D,13D,14D,15D,16D,17D,18D,19D,20D,21D,22D,23D,24D,25D,26D,27D,28D;1D,2D,3D,4D,5D,6D,7D,8D,9D,10D,11D,12D,13D,14D,15D,16D,17D,18D,19D,20D,21D,22D,23D,24D,25D,26D. The molecule has 136 heavy (non-hydrogen) atoms. The molecule has 0 N–H and O–H groups in total. The normalized spacial score (nSPS) is 20.5. The molecular weight excluding hydrogens is 1630 g/mol. The van der Waals surface area contributed by atoms with Gasteiger partial charge in [-0.2, -0.15) is 0 Å². The summed E-state index contributed by atoms with van der Waals surface area (Å²) in [5.74, 6) is 0. The van der Waals surface area contributed by atoms with Gasteiger partial charge in [-0.25, -0.2) is 0 Å². The summed E-state index contributed by atoms with van der Waals surface area (Å²) in [7, 11) is 0. The molecule has 0 heterocycles. The van der Waals surface area contributed by atoms with Crippen molar-refractivity contribution in [1.29, 1.82) is 0 Å². The molecule has 0 aliphatic rings. The van der Waals surface area contributed by atoms with Gasteiger partial charge in [0.25, 0.3) is 0 Å². The average molecular weight is 1810 g/mol. The van der Waals surface area contributed by atoms with E-state index in [1.165, 1.54) is 0 Å². The summed E-state index contributed by atoms with van der Waals surface area (Å²) in [6.07, 6.45) is 0. The molecule has 0 spiro atoms. The van der Waals surface area contributed by atoms with Gasteiger partial charge in [0.05, 0.1) is 118 Å². The van der Waals surface area contributed by atoms with E-state index in [4.69, 9.17) is 69.9 Å². The largest absolute Gasteiger partial charge is 0.0636 e. The molecule has 0 amide bonds. The summed E-state index contributed by atoms with van der Waals surface area (Å²) in [6.45, 7) is 0. The van der Waals surface area contributed by atoms with Gasteiger partial charge in [0.1, 0.15) is 0 Å². The van der Waals surface area contributed by atoms with Crippen molar-refractivity contribution in [3.63, 3.8) is 0 Å². The van der Waals surface area contributed by atoms with Crippen molar-refractivity contribution in [3.8, 4) is 100 Å². The molecule has 0 atom stereocenters. The second-order valence-electron chi connectivity index (χ2n) is 29.5. The first-order chi connectivity index (χ1) is 103. The van der Waals surface area contributed by atoms with E-state index < -0.39 is 792 Å². The lowest BCUT2D eigenvalue weighted by Crippen LogP contribution is -1.91. The molecule has 0 aliphatic carbocycles. The zero-order valence-corrected chi connectivity index (χ0v) is 68.0. The molecule has 0 unspecified atom stereocenters. The second-order valence-corrected chi connectivity index (χ2v) is 29.5. The molecule has 630 valence electrons. The Morgan fingerprint density at radius 2 is 0.287 bits per heavy atom. The minimum Gasteiger partial charge on any atom is -0.0622 e. The highest BCUT2D eigenvalue weighted by Gasteiger charge is 2.24. The Morgan fingerprint density at radius 1 is 0.0882 bits per heavy atom. The van der Waals surface area contributed by atoms with Gasteiger partial charge in [-0.3, -0.25) is 0 Å². The zero-order chi connectivity index (χ0) is 165. The first-order valence-electron chi connectivity index (χ1n) is 83.2. The molecule has 0 saturated carbocycles. The van der Waals surface area contributed by atoms with Crippen LogP contribution in [-0.4, -0.2) is 0 Å². The van der Waals surface area contributed by atoms with Crippen molar-refractivity contribution >= 4 is 172 Å². The monoisotopic (exact) mass is 1810 g/mol. The highest BCUT2D eigenvalue weighted by atomic mass is 14.3. The van der Waals surface area contributed by atoms with Crippen molar-refractivity contribution in [2.24, 2.45) is 0 Å². The maximum absolute atomic E-state index is 9.76. The smallest absolute Gasteiger partial charge is 0.0622 e. The van der Waals surface area contributed by atoms with Crippen molar-refractivity contribution in [2.45, 2.75) is 0 Å². The fourth-order valence-corrected chi connectivity index (χ4v) is 16.2. The maximum atomic E-state index is 9.76. The molecule has 0 nitrogen and oxygen atoms in total. The average Bonchev–Trinajstić information content (AvgIpc) is 0.673. The third-order valence-electron chi connectivity index (χ3n) is 22.1. The summed E-state index contributed by atoms with van der Waals surface area (Å²) in [5.41, 5.74) is -14.4. The van der Waals surface area contributed by atoms with Crippen molar-refractivity contribution < 1.29 is 118 Å². The summed E-state index contributed by atoms with van der Waals surface area (Å²) in [5, 5.41) is -21.0. The van der Waals surface area contributed by atoms with E-state index in [1.54, 1.807) is 0 Å². The highest BCUT2D eigenvalue weighted by molar-refractivity contribution is 6.27. The van der Waals surface area contributed by atoms with Crippen LogP contribution in [0.15, 0.2) is 520 Å². The topological polar surface area (TPSA) is 0 Å². The summed E-state index contributed by atoms with van der Waals surface area (Å²) >= 11 is 0. The Kier molecular flexibility index (Phi) is 7.58. The molecule has 28 aromatic rings. The van der Waals surface area contributed by atoms with Crippen molar-refractivity contribution in [1.82, 2.24) is 0 Å². The van der Waals surface area contributed by atoms with Gasteiger partial charge in [-0.1, -0.05) is 477 Å². The number of benzene rings is 28. The lowest BCUT2D eigenvalue weighted by molar-refractivity contribution is 1.63. The van der Waals surface area contributed by atoms with Crippen molar-refractivity contribution in [2.75, 3.05) is 0 Å². The maximum Gasteiger partial charge on any atom is 0.0636 e. The summed E-state index contributed by atoms with van der Waals surface area (Å²) in [4.78, 5) is 0. The molecule has 0 radical (unpaired) electrons. The van der Waals surface area contributed by atoms with Crippen LogP contribution in [0.2, 0.25) is 0 Å². The van der Waals surface area contributed by atoms with Crippen LogP contribution in [0, 0.1) is 0 Å². The van der Waals surface area contributed by atoms with Crippen molar-refractivity contribution in [3.05, 3.63) is 520 Å². The number of fused-ring (bicyclic) bond motifs is 20. The highest BCUT2D eigenvalue weighted by Crippen LogP contribution is 2.51. The van der Waals surface area contributed by atoms with Gasteiger partial charge in [-0.05, 0) is 315 Å². The fraction of sp³-hybridized carbons (Fsp3) is 0. The van der Waals surface area contributed by atoms with Gasteiger partial charge in [0.2, 0.25) is 0 Å². The molecule has 0 saturated heterocycles. The lowest BCUT2D eigenvalue weighted by atomic mass is 9.85. The van der Waals surface area contributed by atoms with Gasteiger partial charge in [0, 0.05) is 0 Å². The SMILES string of the molecule is [2H]c1c([2H])c(-c2c3c([2H])c([2H])c([2H])c([2H])c3c(-c3c([2H])c([2H])c4c([2H])c([2H])c5c([2H])c([2H])c([2H])c([2H])c5c4c3[2H])c3c([2H])c([2H])c([2H])c([2H])c23)c([2H])c([2H])c1-c1c([2H])c([2H])c2c([2H])c([2H])c([2H])c([2H])c2c1[2H].[2H]c1c([2H])c([2H])c(-c2c([2H])c([2H])c3c([2H])c(-c4c5c([2H])c([2H])c([2H])c([2H])c5c(-c5c([2H])c([2H])c(-c6c([2H])c7c([2H])c([2H])c([2H])c([2H])c7c7c([2H])c([2H])c([2H])c([2H])c67)c([2H])c5[2H])c5c([2H])c([2H])c([2H])c([2H])c45)c([2H])c([2H])c3c2[2H])c([2H])c1[2H].[2H]c1c([2H])c([2H])c2c(-c3c([2H])c([2H])c4c([2H])c([2H])c5c([2H])c([2H])c([2H])c([2H])c5c4c3[2H])c3c([2H])c([2H])c([2H])c([2H])c3c(-c3c([2H])c([2H])c4c(c3[2H])c([2H])c([2H])c3c([2H])c([2H])c([2H])c([2H])c34)c2c1[2H]. The number of rotatable bonds is 9. The van der Waals surface area contributed by atoms with Crippen LogP contribution in [0.3, 0.4) is 0 Å². The first-order valence-corrected chi connectivity index (χ1v) is 40.2. The number of hydrogen-bond acceptors (Lipinski definition) is 0. The van der Waals surface area contributed by atoms with E-state index in [0.717, 1.165) is 0 Å². The third kappa shape index (κ3) is 13.8. The third-order valence-corrected chi connectivity index (χ3v) is 22.1. The first kappa shape index (κ1) is 31.0. The lowest BCUT2D eigenvalue weighted by Gasteiger charge is -2.18. The Labute approximate surface area is 909 Å². The molecule has 0 heteroatoms. The van der Waals surface area contributed by atoms with Gasteiger partial charge in [-0.15, -0.1) is 0 Å². The fourth-order valence-electron chi connectivity index (χ4n) is 16.2. The Balaban J connectivity index is 0.000000153. The van der Waals surface area contributed by atoms with Gasteiger partial charge >= 0.3 is 0 Å². The second kappa shape index (κ2) is 33.3. The quantitative estimate of drug-likeness (QED) is 0.0998. The van der Waals surface area contributed by atoms with Gasteiger partial charge < -0.3 is 0 Å². The van der Waals surface area contributed by atoms with Crippen LogP contribution in [-0.2, 0) is 0 Å². The minimum atomic E-state index is -1.17. The van der Waals surface area contributed by atoms with Crippen LogP contribution in [0.25, 0.3) is 273 Å². The molecule has 0 bridgehead atoms. The molecule has 28 aromatic carbocycles. The Bertz CT molecular complexity index is 15100. The Hall–Kier alpha value is -17.7. The van der Waals surface area contributed by atoms with E-state index in [1.807, 2.05) is 0 Å². The summed E-state index contributed by atoms with van der Waals surface area (Å²) < 4.78 is 773. The number of hydrogen-bond donors (Lipinski definition) is 0. The zero-order valence-electron chi connectivity index (χ0n) is 154.